The van der Waals surface area contributed by atoms with Gasteiger partial charge in [-0.15, -0.1) is 5.10 Å². The molecule has 1 saturated heterocycles. The van der Waals surface area contributed by atoms with Crippen molar-refractivity contribution in [1.82, 2.24) is 30.4 Å². The van der Waals surface area contributed by atoms with Crippen molar-refractivity contribution in [2.75, 3.05) is 39.4 Å². The zero-order chi connectivity index (χ0) is 34.3. The molecule has 5 aromatic rings. The smallest absolute Gasteiger partial charge is 0.255 e. The van der Waals surface area contributed by atoms with Crippen molar-refractivity contribution >= 4 is 17.5 Å². The van der Waals surface area contributed by atoms with E-state index in [1.54, 1.807) is 12.1 Å². The van der Waals surface area contributed by atoms with E-state index >= 15 is 0 Å². The number of ether oxygens (including phenoxy) is 2. The van der Waals surface area contributed by atoms with Crippen LogP contribution in [-0.4, -0.2) is 81.6 Å². The van der Waals surface area contributed by atoms with Crippen molar-refractivity contribution < 1.29 is 19.4 Å². The normalized spacial score (nSPS) is 18.0. The largest absolute Gasteiger partial charge is 0.489 e. The molecule has 258 valence electrons. The molecule has 1 amide bonds. The SMILES string of the molecule is O=C(NC[C@@H]1CCN(CCCc2nnnn2C(c2ccccc2)(c2ccccc2)c2ccccc2)CC1O)c1cc(Cl)cc2c1OCCCO2. The van der Waals surface area contributed by atoms with Gasteiger partial charge in [-0.25, -0.2) is 4.68 Å². The van der Waals surface area contributed by atoms with Gasteiger partial charge in [-0.3, -0.25) is 4.79 Å². The number of hydrogen-bond acceptors (Lipinski definition) is 8. The molecule has 2 aliphatic rings. The second-order valence-corrected chi connectivity index (χ2v) is 13.3. The molecule has 1 unspecified atom stereocenters. The molecule has 0 saturated carbocycles. The number of β-amino-alcohol motifs (C(OH)–C–C–N with tert-alkyl or cyclic N) is 1. The maximum absolute atomic E-state index is 13.2. The molecule has 1 fully saturated rings. The summed E-state index contributed by atoms with van der Waals surface area (Å²) in [6, 6.07) is 34.4. The Balaban J connectivity index is 1.01. The Bertz CT molecular complexity index is 1780. The first-order chi connectivity index (χ1) is 24.5. The molecular weight excluding hydrogens is 652 g/mol. The highest BCUT2D eigenvalue weighted by Gasteiger charge is 2.41. The Morgan fingerprint density at radius 1 is 0.920 bits per heavy atom. The van der Waals surface area contributed by atoms with Crippen LogP contribution >= 0.6 is 11.6 Å². The molecule has 0 radical (unpaired) electrons. The molecule has 0 bridgehead atoms. The predicted octanol–water partition coefficient (Wildman–Crippen LogP) is 5.37. The number of aromatic nitrogens is 4. The van der Waals surface area contributed by atoms with Gasteiger partial charge in [0.2, 0.25) is 0 Å². The van der Waals surface area contributed by atoms with Crippen LogP contribution in [0.15, 0.2) is 103 Å². The number of likely N-dealkylation sites (tertiary alicyclic amines) is 1. The Morgan fingerprint density at radius 3 is 2.20 bits per heavy atom. The number of piperidine rings is 1. The quantitative estimate of drug-likeness (QED) is 0.178. The number of carbonyl (C=O) groups is 1. The average molecular weight is 693 g/mol. The number of nitrogens with one attached hydrogen (secondary N) is 1. The summed E-state index contributed by atoms with van der Waals surface area (Å²) in [6.45, 7) is 3.45. The van der Waals surface area contributed by atoms with Gasteiger partial charge >= 0.3 is 0 Å². The number of hydrogen-bond donors (Lipinski definition) is 2. The van der Waals surface area contributed by atoms with Gasteiger partial charge in [-0.1, -0.05) is 103 Å². The van der Waals surface area contributed by atoms with Crippen LogP contribution in [0, 0.1) is 5.92 Å². The van der Waals surface area contributed by atoms with E-state index in [0.29, 0.717) is 54.8 Å². The van der Waals surface area contributed by atoms with E-state index < -0.39 is 11.6 Å². The molecule has 11 heteroatoms. The Labute approximate surface area is 297 Å². The van der Waals surface area contributed by atoms with Crippen molar-refractivity contribution in [2.45, 2.75) is 37.3 Å². The molecule has 2 N–H and O–H groups in total. The topological polar surface area (TPSA) is 115 Å². The van der Waals surface area contributed by atoms with Crippen LogP contribution in [0.5, 0.6) is 11.5 Å². The molecule has 0 aliphatic carbocycles. The number of benzene rings is 4. The summed E-state index contributed by atoms with van der Waals surface area (Å²) in [5, 5.41) is 27.9. The fourth-order valence-corrected chi connectivity index (χ4v) is 7.41. The summed E-state index contributed by atoms with van der Waals surface area (Å²) in [6.07, 6.45) is 2.37. The van der Waals surface area contributed by atoms with E-state index in [-0.39, 0.29) is 11.8 Å². The highest BCUT2D eigenvalue weighted by molar-refractivity contribution is 6.31. The van der Waals surface area contributed by atoms with Crippen LogP contribution in [0.4, 0.5) is 0 Å². The lowest BCUT2D eigenvalue weighted by atomic mass is 9.77. The van der Waals surface area contributed by atoms with E-state index in [2.05, 4.69) is 98.5 Å². The highest BCUT2D eigenvalue weighted by Crippen LogP contribution is 2.41. The second-order valence-electron chi connectivity index (χ2n) is 12.9. The molecule has 2 aliphatic heterocycles. The number of aliphatic hydroxyl groups is 1. The first kappa shape index (κ1) is 33.7. The molecule has 4 aromatic carbocycles. The van der Waals surface area contributed by atoms with E-state index in [9.17, 15) is 9.90 Å². The zero-order valence-corrected chi connectivity index (χ0v) is 28.6. The number of amides is 1. The average Bonchev–Trinajstić information content (AvgIpc) is 3.48. The van der Waals surface area contributed by atoms with Gasteiger partial charge in [0.05, 0.1) is 24.9 Å². The first-order valence-corrected chi connectivity index (χ1v) is 17.6. The van der Waals surface area contributed by atoms with Crippen molar-refractivity contribution in [3.8, 4) is 11.5 Å². The lowest BCUT2D eigenvalue weighted by Crippen LogP contribution is -2.48. The molecule has 0 spiro atoms. The van der Waals surface area contributed by atoms with Crippen LogP contribution < -0.4 is 14.8 Å². The number of carbonyl (C=O) groups excluding carboxylic acids is 1. The number of fused-ring (bicyclic) bond motifs is 1. The molecule has 1 aromatic heterocycles. The highest BCUT2D eigenvalue weighted by atomic mass is 35.5. The van der Waals surface area contributed by atoms with Crippen LogP contribution in [-0.2, 0) is 12.0 Å². The predicted molar refractivity (Wildman–Crippen MR) is 191 cm³/mol. The van der Waals surface area contributed by atoms with Crippen LogP contribution in [0.3, 0.4) is 0 Å². The summed E-state index contributed by atoms with van der Waals surface area (Å²) >= 11 is 6.28. The first-order valence-electron chi connectivity index (χ1n) is 17.3. The van der Waals surface area contributed by atoms with Gasteiger partial charge in [0.15, 0.2) is 17.3 Å². The van der Waals surface area contributed by atoms with Gasteiger partial charge < -0.3 is 24.8 Å². The second kappa shape index (κ2) is 15.4. The number of nitrogens with zero attached hydrogens (tertiary/aromatic N) is 5. The van der Waals surface area contributed by atoms with Gasteiger partial charge in [0.1, 0.15) is 5.54 Å². The van der Waals surface area contributed by atoms with Crippen molar-refractivity contribution in [1.29, 1.82) is 0 Å². The third-order valence-corrected chi connectivity index (χ3v) is 9.91. The van der Waals surface area contributed by atoms with Crippen molar-refractivity contribution in [3.63, 3.8) is 0 Å². The fourth-order valence-electron chi connectivity index (χ4n) is 7.20. The van der Waals surface area contributed by atoms with Gasteiger partial charge in [0, 0.05) is 42.9 Å². The number of rotatable bonds is 11. The van der Waals surface area contributed by atoms with Gasteiger partial charge in [0.25, 0.3) is 5.91 Å². The monoisotopic (exact) mass is 692 g/mol. The third-order valence-electron chi connectivity index (χ3n) is 9.69. The maximum atomic E-state index is 13.2. The summed E-state index contributed by atoms with van der Waals surface area (Å²) in [5.41, 5.74) is 2.77. The fraction of sp³-hybridized carbons (Fsp3) is 0.333. The lowest BCUT2D eigenvalue weighted by Gasteiger charge is -2.37. The molecule has 2 atom stereocenters. The maximum Gasteiger partial charge on any atom is 0.255 e. The van der Waals surface area contributed by atoms with E-state index in [1.165, 1.54) is 0 Å². The van der Waals surface area contributed by atoms with Crippen molar-refractivity contribution in [2.24, 2.45) is 5.92 Å². The minimum absolute atomic E-state index is 0.0688. The van der Waals surface area contributed by atoms with Gasteiger partial charge in [-0.05, 0) is 59.1 Å². The molecule has 7 rings (SSSR count). The van der Waals surface area contributed by atoms with Crippen LogP contribution in [0.25, 0.3) is 0 Å². The lowest BCUT2D eigenvalue weighted by molar-refractivity contribution is 0.0217. The zero-order valence-electron chi connectivity index (χ0n) is 27.8. The minimum Gasteiger partial charge on any atom is -0.489 e. The molecule has 10 nitrogen and oxygen atoms in total. The summed E-state index contributed by atoms with van der Waals surface area (Å²) in [4.78, 5) is 15.5. The molecular formula is C39H41ClN6O4. The van der Waals surface area contributed by atoms with E-state index in [0.717, 1.165) is 54.9 Å². The van der Waals surface area contributed by atoms with Crippen molar-refractivity contribution in [3.05, 3.63) is 136 Å². The number of aryl methyl sites for hydroxylation is 1. The number of halogens is 1. The standard InChI is InChI=1S/C39H41ClN6O4/c40-32-24-33(37-35(25-32)49-22-11-23-50-37)38(48)41-26-28-19-21-45(27-34(28)47)20-10-18-36-42-43-44-46(36)39(29-12-4-1-5-13-29,30-14-6-2-7-15-30)31-16-8-3-9-17-31/h1-9,12-17,24-25,28,34,47H,10-11,18-23,26-27H2,(H,41,48)/t28-,34?/m0/s1. The summed E-state index contributed by atoms with van der Waals surface area (Å²) in [7, 11) is 0. The summed E-state index contributed by atoms with van der Waals surface area (Å²) in [5.74, 6) is 1.32. The van der Waals surface area contributed by atoms with Crippen LogP contribution in [0.2, 0.25) is 5.02 Å². The van der Waals surface area contributed by atoms with E-state index in [4.69, 9.17) is 21.1 Å². The third kappa shape index (κ3) is 6.96. The van der Waals surface area contributed by atoms with Crippen LogP contribution in [0.1, 0.15) is 52.1 Å². The molecule has 50 heavy (non-hydrogen) atoms. The Kier molecular flexibility index (Phi) is 10.4. The number of aliphatic hydroxyl groups excluding tert-OH is 1. The Hall–Kier alpha value is -4.77. The summed E-state index contributed by atoms with van der Waals surface area (Å²) < 4.78 is 13.5. The Morgan fingerprint density at radius 2 is 1.56 bits per heavy atom. The van der Waals surface area contributed by atoms with E-state index in [1.807, 2.05) is 22.9 Å². The number of tetrazole rings is 1. The van der Waals surface area contributed by atoms with Gasteiger partial charge in [-0.2, -0.15) is 0 Å². The molecule has 3 heterocycles. The minimum atomic E-state index is -0.773.